The van der Waals surface area contributed by atoms with Crippen molar-refractivity contribution in [3.8, 4) is 0 Å². The maximum Gasteiger partial charge on any atom is 0.341 e. The molecule has 4 rings (SSSR count). The first-order chi connectivity index (χ1) is 14.8. The van der Waals surface area contributed by atoms with Crippen LogP contribution < -0.4 is 5.32 Å². The highest BCUT2D eigenvalue weighted by molar-refractivity contribution is 7.91. The van der Waals surface area contributed by atoms with Crippen molar-refractivity contribution in [3.63, 3.8) is 0 Å². The highest BCUT2D eigenvalue weighted by atomic mass is 32.2. The lowest BCUT2D eigenvalue weighted by Crippen LogP contribution is -2.30. The molecule has 0 aliphatic carbocycles. The average molecular weight is 464 g/mol. The molecule has 1 N–H and O–H groups in total. The Hall–Kier alpha value is -2.69. The number of fused-ring (bicyclic) bond motifs is 1. The van der Waals surface area contributed by atoms with Crippen LogP contribution in [0.1, 0.15) is 27.2 Å². The van der Waals surface area contributed by atoms with Gasteiger partial charge in [0.1, 0.15) is 0 Å². The SMILES string of the molecule is O=C(Nc1nc(CN2CCc3ccccc3C2)cs1)c1ccccc1S(=O)(=O)C(F)F. The maximum absolute atomic E-state index is 13.0. The molecule has 0 radical (unpaired) electrons. The Balaban J connectivity index is 1.45. The van der Waals surface area contributed by atoms with Gasteiger partial charge in [-0.05, 0) is 29.7 Å². The van der Waals surface area contributed by atoms with E-state index in [1.54, 1.807) is 0 Å². The molecule has 6 nitrogen and oxygen atoms in total. The number of halogens is 2. The average Bonchev–Trinajstić information content (AvgIpc) is 3.20. The fourth-order valence-electron chi connectivity index (χ4n) is 3.52. The summed E-state index contributed by atoms with van der Waals surface area (Å²) >= 11 is 1.20. The largest absolute Gasteiger partial charge is 0.341 e. The summed E-state index contributed by atoms with van der Waals surface area (Å²) < 4.78 is 49.7. The number of nitrogens with one attached hydrogen (secondary N) is 1. The van der Waals surface area contributed by atoms with Crippen molar-refractivity contribution in [3.05, 3.63) is 76.3 Å². The third-order valence-electron chi connectivity index (χ3n) is 5.04. The molecule has 1 amide bonds. The van der Waals surface area contributed by atoms with Crippen LogP contribution in [0.4, 0.5) is 13.9 Å². The molecule has 0 saturated heterocycles. The van der Waals surface area contributed by atoms with Crippen molar-refractivity contribution in [2.45, 2.75) is 30.2 Å². The van der Waals surface area contributed by atoms with Crippen LogP contribution in [0.15, 0.2) is 58.8 Å². The summed E-state index contributed by atoms with van der Waals surface area (Å²) in [5.41, 5.74) is 3.07. The lowest BCUT2D eigenvalue weighted by atomic mass is 10.00. The Kier molecular flexibility index (Phi) is 6.12. The molecule has 31 heavy (non-hydrogen) atoms. The van der Waals surface area contributed by atoms with Gasteiger partial charge < -0.3 is 0 Å². The minimum absolute atomic E-state index is 0.279. The van der Waals surface area contributed by atoms with Crippen LogP contribution in [-0.4, -0.2) is 36.5 Å². The van der Waals surface area contributed by atoms with Gasteiger partial charge in [0, 0.05) is 25.0 Å². The number of benzene rings is 2. The van der Waals surface area contributed by atoms with Crippen LogP contribution in [0.3, 0.4) is 0 Å². The lowest BCUT2D eigenvalue weighted by Gasteiger charge is -2.27. The summed E-state index contributed by atoms with van der Waals surface area (Å²) in [6.07, 6.45) is 0.958. The Morgan fingerprint density at radius 3 is 2.61 bits per heavy atom. The van der Waals surface area contributed by atoms with Gasteiger partial charge in [-0.15, -0.1) is 11.3 Å². The number of anilines is 1. The van der Waals surface area contributed by atoms with E-state index in [1.165, 1.54) is 40.7 Å². The summed E-state index contributed by atoms with van der Waals surface area (Å²) in [6, 6.07) is 13.2. The van der Waals surface area contributed by atoms with Gasteiger partial charge in [-0.2, -0.15) is 8.78 Å². The van der Waals surface area contributed by atoms with E-state index < -0.39 is 26.4 Å². The first-order valence-corrected chi connectivity index (χ1v) is 11.9. The standard InChI is InChI=1S/C21H19F2N3O3S2/c22-20(23)31(28,29)18-8-4-3-7-17(18)19(27)25-21-24-16(13-30-21)12-26-10-9-14-5-1-2-6-15(14)11-26/h1-8,13,20H,9-12H2,(H,24,25,27). The first kappa shape index (κ1) is 21.5. The number of aromatic nitrogens is 1. The number of carbonyl (C=O) groups excluding carboxylic acids is 1. The van der Waals surface area contributed by atoms with E-state index in [2.05, 4.69) is 27.3 Å². The van der Waals surface area contributed by atoms with Crippen molar-refractivity contribution in [1.82, 2.24) is 9.88 Å². The Morgan fingerprint density at radius 2 is 1.84 bits per heavy atom. The second kappa shape index (κ2) is 8.81. The number of carbonyl (C=O) groups is 1. The fraction of sp³-hybridized carbons (Fsp3) is 0.238. The zero-order valence-electron chi connectivity index (χ0n) is 16.3. The summed E-state index contributed by atoms with van der Waals surface area (Å²) in [4.78, 5) is 18.5. The van der Waals surface area contributed by atoms with Crippen LogP contribution >= 0.6 is 11.3 Å². The fourth-order valence-corrected chi connectivity index (χ4v) is 5.14. The molecular weight excluding hydrogens is 444 g/mol. The molecule has 0 atom stereocenters. The summed E-state index contributed by atoms with van der Waals surface area (Å²) in [5.74, 6) is -4.41. The summed E-state index contributed by atoms with van der Waals surface area (Å²) in [7, 11) is -4.90. The van der Waals surface area contributed by atoms with Gasteiger partial charge in [0.2, 0.25) is 9.84 Å². The van der Waals surface area contributed by atoms with E-state index in [0.717, 1.165) is 31.3 Å². The van der Waals surface area contributed by atoms with Crippen LogP contribution in [0.2, 0.25) is 0 Å². The molecule has 0 saturated carbocycles. The van der Waals surface area contributed by atoms with E-state index in [1.807, 2.05) is 17.5 Å². The Labute approximate surface area is 182 Å². The zero-order valence-corrected chi connectivity index (χ0v) is 17.9. The third kappa shape index (κ3) is 4.65. The topological polar surface area (TPSA) is 79.4 Å². The molecule has 0 spiro atoms. The second-order valence-corrected chi connectivity index (χ2v) is 9.87. The van der Waals surface area contributed by atoms with Gasteiger partial charge in [-0.1, -0.05) is 36.4 Å². The predicted molar refractivity (Wildman–Crippen MR) is 114 cm³/mol. The second-order valence-electron chi connectivity index (χ2n) is 7.13. The summed E-state index contributed by atoms with van der Waals surface area (Å²) in [5, 5.41) is 4.62. The zero-order chi connectivity index (χ0) is 22.0. The van der Waals surface area contributed by atoms with Crippen LogP contribution in [0.5, 0.6) is 0 Å². The van der Waals surface area contributed by atoms with E-state index in [9.17, 15) is 22.0 Å². The number of hydrogen-bond donors (Lipinski definition) is 1. The van der Waals surface area contributed by atoms with E-state index >= 15 is 0 Å². The van der Waals surface area contributed by atoms with Gasteiger partial charge >= 0.3 is 5.76 Å². The normalized spacial score (nSPS) is 14.4. The number of nitrogens with zero attached hydrogens (tertiary/aromatic N) is 2. The molecule has 0 fully saturated rings. The Morgan fingerprint density at radius 1 is 1.13 bits per heavy atom. The van der Waals surface area contributed by atoms with Crippen LogP contribution in [-0.2, 0) is 29.3 Å². The van der Waals surface area contributed by atoms with E-state index in [-0.39, 0.29) is 10.7 Å². The smallest absolute Gasteiger partial charge is 0.298 e. The van der Waals surface area contributed by atoms with Gasteiger partial charge in [0.15, 0.2) is 5.13 Å². The van der Waals surface area contributed by atoms with E-state index in [4.69, 9.17) is 0 Å². The minimum Gasteiger partial charge on any atom is -0.298 e. The monoisotopic (exact) mass is 463 g/mol. The predicted octanol–water partition coefficient (Wildman–Crippen LogP) is 3.95. The van der Waals surface area contributed by atoms with Crippen molar-refractivity contribution >= 4 is 32.2 Å². The molecule has 1 aromatic heterocycles. The van der Waals surface area contributed by atoms with Crippen molar-refractivity contribution < 1.29 is 22.0 Å². The number of alkyl halides is 2. The maximum atomic E-state index is 13.0. The molecule has 2 aromatic carbocycles. The highest BCUT2D eigenvalue weighted by Crippen LogP contribution is 2.25. The number of amides is 1. The van der Waals surface area contributed by atoms with E-state index in [0.29, 0.717) is 6.54 Å². The number of rotatable bonds is 6. The van der Waals surface area contributed by atoms with Gasteiger partial charge in [-0.25, -0.2) is 13.4 Å². The summed E-state index contributed by atoms with van der Waals surface area (Å²) in [6.45, 7) is 2.32. The molecule has 0 unspecified atom stereocenters. The molecule has 10 heteroatoms. The van der Waals surface area contributed by atoms with Crippen LogP contribution in [0, 0.1) is 0 Å². The quantitative estimate of drug-likeness (QED) is 0.599. The van der Waals surface area contributed by atoms with Gasteiger partial charge in [0.05, 0.1) is 16.2 Å². The molecule has 162 valence electrons. The molecule has 0 bridgehead atoms. The molecular formula is C21H19F2N3O3S2. The highest BCUT2D eigenvalue weighted by Gasteiger charge is 2.31. The minimum atomic E-state index is -4.90. The first-order valence-electron chi connectivity index (χ1n) is 9.50. The van der Waals surface area contributed by atoms with Crippen LogP contribution in [0.25, 0.3) is 0 Å². The number of sulfone groups is 1. The van der Waals surface area contributed by atoms with Crippen molar-refractivity contribution in [2.75, 3.05) is 11.9 Å². The third-order valence-corrected chi connectivity index (χ3v) is 7.29. The van der Waals surface area contributed by atoms with Gasteiger partial charge in [-0.3, -0.25) is 15.0 Å². The number of hydrogen-bond acceptors (Lipinski definition) is 6. The van der Waals surface area contributed by atoms with Crippen molar-refractivity contribution in [1.29, 1.82) is 0 Å². The number of thiazole rings is 1. The van der Waals surface area contributed by atoms with Crippen molar-refractivity contribution in [2.24, 2.45) is 0 Å². The molecule has 1 aliphatic rings. The molecule has 3 aromatic rings. The Bertz CT molecular complexity index is 1210. The lowest BCUT2D eigenvalue weighted by molar-refractivity contribution is 0.102. The van der Waals surface area contributed by atoms with Gasteiger partial charge in [0.25, 0.3) is 5.91 Å². The molecule has 2 heterocycles. The molecule has 1 aliphatic heterocycles.